The van der Waals surface area contributed by atoms with E-state index in [9.17, 15) is 0 Å². The minimum Gasteiger partial charge on any atom is -0.413 e. The van der Waals surface area contributed by atoms with E-state index in [0.717, 1.165) is 5.92 Å². The molecular formula is C16H30OSi. The average molecular weight is 267 g/mol. The maximum Gasteiger partial charge on any atom is 0.192 e. The third kappa shape index (κ3) is 2.90. The molecule has 2 atom stereocenters. The van der Waals surface area contributed by atoms with E-state index in [1.807, 2.05) is 0 Å². The van der Waals surface area contributed by atoms with Gasteiger partial charge in [0.05, 0.1) is 6.10 Å². The first-order valence-electron chi connectivity index (χ1n) is 8.11. The van der Waals surface area contributed by atoms with Gasteiger partial charge in [-0.3, -0.25) is 0 Å². The standard InChI is InChI=1S/C16H30OSi/c1-4-18(5-2,6-3)17-16-13-9-11-14-10-7-8-12-15(14)16/h11,15-16H,4-10,12-13H2,1-3H3. The van der Waals surface area contributed by atoms with Crippen LogP contribution in [0.5, 0.6) is 0 Å². The molecule has 1 fully saturated rings. The van der Waals surface area contributed by atoms with Crippen LogP contribution in [0, 0.1) is 5.92 Å². The topological polar surface area (TPSA) is 9.23 Å². The molecule has 1 nitrogen and oxygen atoms in total. The van der Waals surface area contributed by atoms with Gasteiger partial charge in [-0.25, -0.2) is 0 Å². The smallest absolute Gasteiger partial charge is 0.192 e. The Morgan fingerprint density at radius 2 is 1.83 bits per heavy atom. The zero-order chi connectivity index (χ0) is 13.0. The van der Waals surface area contributed by atoms with E-state index >= 15 is 0 Å². The van der Waals surface area contributed by atoms with Gasteiger partial charge in [0.2, 0.25) is 0 Å². The molecule has 0 aromatic carbocycles. The van der Waals surface area contributed by atoms with E-state index in [1.54, 1.807) is 5.57 Å². The molecule has 104 valence electrons. The van der Waals surface area contributed by atoms with Crippen LogP contribution in [0.1, 0.15) is 59.3 Å². The van der Waals surface area contributed by atoms with Crippen LogP contribution in [0.25, 0.3) is 0 Å². The Bertz CT molecular complexity index is 285. The molecule has 2 aliphatic rings. The molecule has 0 radical (unpaired) electrons. The van der Waals surface area contributed by atoms with Crippen molar-refractivity contribution in [2.45, 2.75) is 83.5 Å². The lowest BCUT2D eigenvalue weighted by Gasteiger charge is -2.41. The SMILES string of the molecule is CC[Si](CC)(CC)OC1CCC=C2CCCCC21. The van der Waals surface area contributed by atoms with Crippen molar-refractivity contribution in [1.29, 1.82) is 0 Å². The summed E-state index contributed by atoms with van der Waals surface area (Å²) in [6.07, 6.45) is 11.2. The highest BCUT2D eigenvalue weighted by Gasteiger charge is 2.37. The third-order valence-electron chi connectivity index (χ3n) is 5.35. The molecule has 0 aromatic heterocycles. The molecule has 2 rings (SSSR count). The summed E-state index contributed by atoms with van der Waals surface area (Å²) in [7, 11) is -1.41. The molecule has 0 aromatic rings. The first-order chi connectivity index (χ1) is 8.74. The van der Waals surface area contributed by atoms with Crippen LogP contribution in [-0.4, -0.2) is 14.4 Å². The largest absolute Gasteiger partial charge is 0.413 e. The fourth-order valence-electron chi connectivity index (χ4n) is 3.84. The van der Waals surface area contributed by atoms with Crippen LogP contribution in [0.3, 0.4) is 0 Å². The summed E-state index contributed by atoms with van der Waals surface area (Å²) in [6.45, 7) is 7.04. The van der Waals surface area contributed by atoms with Gasteiger partial charge in [-0.05, 0) is 50.2 Å². The van der Waals surface area contributed by atoms with Crippen LogP contribution < -0.4 is 0 Å². The van der Waals surface area contributed by atoms with Crippen molar-refractivity contribution in [3.05, 3.63) is 11.6 Å². The maximum atomic E-state index is 6.79. The summed E-state index contributed by atoms with van der Waals surface area (Å²) in [5.74, 6) is 0.782. The van der Waals surface area contributed by atoms with Crippen molar-refractivity contribution in [1.82, 2.24) is 0 Å². The zero-order valence-corrected chi connectivity index (χ0v) is 13.5. The van der Waals surface area contributed by atoms with E-state index in [1.165, 1.54) is 56.7 Å². The van der Waals surface area contributed by atoms with Crippen LogP contribution >= 0.6 is 0 Å². The molecule has 18 heavy (non-hydrogen) atoms. The van der Waals surface area contributed by atoms with Gasteiger partial charge in [0.1, 0.15) is 0 Å². The Morgan fingerprint density at radius 1 is 1.11 bits per heavy atom. The molecule has 1 saturated carbocycles. The zero-order valence-electron chi connectivity index (χ0n) is 12.5. The van der Waals surface area contributed by atoms with Crippen molar-refractivity contribution < 1.29 is 4.43 Å². The normalized spacial score (nSPS) is 28.7. The Kier molecular flexibility index (Phi) is 5.08. The summed E-state index contributed by atoms with van der Waals surface area (Å²) < 4.78 is 6.79. The van der Waals surface area contributed by atoms with Crippen molar-refractivity contribution in [3.63, 3.8) is 0 Å². The van der Waals surface area contributed by atoms with E-state index in [-0.39, 0.29) is 0 Å². The summed E-state index contributed by atoms with van der Waals surface area (Å²) in [4.78, 5) is 0. The molecular weight excluding hydrogens is 236 g/mol. The minimum atomic E-state index is -1.41. The number of hydrogen-bond donors (Lipinski definition) is 0. The first kappa shape index (κ1) is 14.3. The molecule has 0 amide bonds. The van der Waals surface area contributed by atoms with Crippen LogP contribution in [-0.2, 0) is 4.43 Å². The van der Waals surface area contributed by atoms with Gasteiger partial charge in [-0.15, -0.1) is 0 Å². The summed E-state index contributed by atoms with van der Waals surface area (Å²) in [6, 6.07) is 3.88. The third-order valence-corrected chi connectivity index (χ3v) is 10.0. The Morgan fingerprint density at radius 3 is 2.50 bits per heavy atom. The second-order valence-electron chi connectivity index (χ2n) is 6.11. The highest BCUT2D eigenvalue weighted by molar-refractivity contribution is 6.73. The highest BCUT2D eigenvalue weighted by Crippen LogP contribution is 2.40. The van der Waals surface area contributed by atoms with E-state index in [2.05, 4.69) is 26.8 Å². The quantitative estimate of drug-likeness (QED) is 0.485. The Balaban J connectivity index is 2.06. The van der Waals surface area contributed by atoms with Crippen molar-refractivity contribution in [2.75, 3.05) is 0 Å². The fourth-order valence-corrected chi connectivity index (χ4v) is 6.76. The number of hydrogen-bond acceptors (Lipinski definition) is 1. The van der Waals surface area contributed by atoms with Gasteiger partial charge < -0.3 is 4.43 Å². The second-order valence-corrected chi connectivity index (χ2v) is 10.8. The highest BCUT2D eigenvalue weighted by atomic mass is 28.4. The number of allylic oxidation sites excluding steroid dienone is 1. The van der Waals surface area contributed by atoms with Gasteiger partial charge in [0.25, 0.3) is 0 Å². The fraction of sp³-hybridized carbons (Fsp3) is 0.875. The lowest BCUT2D eigenvalue weighted by Crippen LogP contribution is -2.44. The molecule has 0 bridgehead atoms. The minimum absolute atomic E-state index is 0.566. The molecule has 0 aliphatic heterocycles. The van der Waals surface area contributed by atoms with Crippen LogP contribution in [0.4, 0.5) is 0 Å². The van der Waals surface area contributed by atoms with Crippen molar-refractivity contribution in [3.8, 4) is 0 Å². The molecule has 2 heteroatoms. The average Bonchev–Trinajstić information content (AvgIpc) is 2.45. The van der Waals surface area contributed by atoms with Crippen molar-refractivity contribution in [2.24, 2.45) is 5.92 Å². The lowest BCUT2D eigenvalue weighted by molar-refractivity contribution is 0.108. The lowest BCUT2D eigenvalue weighted by atomic mass is 9.76. The summed E-state index contributed by atoms with van der Waals surface area (Å²) in [5, 5.41) is 0. The molecule has 0 N–H and O–H groups in total. The molecule has 2 aliphatic carbocycles. The molecule has 0 spiro atoms. The summed E-state index contributed by atoms with van der Waals surface area (Å²) >= 11 is 0. The monoisotopic (exact) mass is 266 g/mol. The number of rotatable bonds is 5. The van der Waals surface area contributed by atoms with E-state index in [0.29, 0.717) is 6.10 Å². The van der Waals surface area contributed by atoms with Crippen LogP contribution in [0.2, 0.25) is 18.1 Å². The van der Waals surface area contributed by atoms with E-state index < -0.39 is 8.32 Å². The Hall–Kier alpha value is -0.0831. The number of fused-ring (bicyclic) bond motifs is 1. The van der Waals surface area contributed by atoms with Gasteiger partial charge in [0, 0.05) is 5.92 Å². The predicted molar refractivity (Wildman–Crippen MR) is 81.3 cm³/mol. The predicted octanol–water partition coefficient (Wildman–Crippen LogP) is 5.29. The van der Waals surface area contributed by atoms with Gasteiger partial charge >= 0.3 is 0 Å². The van der Waals surface area contributed by atoms with Gasteiger partial charge in [0.15, 0.2) is 8.32 Å². The maximum absolute atomic E-state index is 6.79. The Labute approximate surface area is 114 Å². The second kappa shape index (κ2) is 6.38. The first-order valence-corrected chi connectivity index (χ1v) is 10.6. The van der Waals surface area contributed by atoms with Crippen molar-refractivity contribution >= 4 is 8.32 Å². The van der Waals surface area contributed by atoms with Gasteiger partial charge in [-0.2, -0.15) is 0 Å². The van der Waals surface area contributed by atoms with Crippen LogP contribution in [0.15, 0.2) is 11.6 Å². The molecule has 0 saturated heterocycles. The molecule has 0 heterocycles. The van der Waals surface area contributed by atoms with Gasteiger partial charge in [-0.1, -0.05) is 38.8 Å². The molecule has 2 unspecified atom stereocenters. The van der Waals surface area contributed by atoms with E-state index in [4.69, 9.17) is 4.43 Å². The summed E-state index contributed by atoms with van der Waals surface area (Å²) in [5.41, 5.74) is 1.74.